The van der Waals surface area contributed by atoms with Gasteiger partial charge >= 0.3 is 14.4 Å². The first-order chi connectivity index (χ1) is 37.6. The SMILES string of the molecule is C=C1C=CC(=O)N1CCCCCC(=O)N[C@H](C(=O)N[C@@H](C)C(=O)Nc1ccc(CSP2(=O)OC[C@H]3O[C@@H](n4cc(F)c5c(=O)[nH]cnc54)[C@H](CP(=O)(O)OC[C@H]4O[C@@H](n5cnc6c(N)ncnc65)[C@H](F)[C@@H]4O2)[C@@H]3O)cc1)C(C)C. The number of anilines is 2. The van der Waals surface area contributed by atoms with Gasteiger partial charge < -0.3 is 60.1 Å². The molecule has 2 bridgehead atoms. The summed E-state index contributed by atoms with van der Waals surface area (Å²) < 4.78 is 93.4. The monoisotopic (exact) mass is 1160 g/mol. The number of nitrogen functional groups attached to an aromatic ring is 1. The first kappa shape index (κ1) is 57.4. The van der Waals surface area contributed by atoms with Crippen LogP contribution in [-0.4, -0.2) is 141 Å². The molecule has 0 aliphatic carbocycles. The van der Waals surface area contributed by atoms with E-state index in [9.17, 15) is 38.5 Å². The van der Waals surface area contributed by atoms with E-state index < -0.39 is 123 Å². The van der Waals surface area contributed by atoms with Gasteiger partial charge in [-0.25, -0.2) is 33.3 Å². The van der Waals surface area contributed by atoms with Crippen molar-refractivity contribution < 1.29 is 70.1 Å². The number of alkyl halides is 1. The number of benzene rings is 1. The zero-order valence-corrected chi connectivity index (χ0v) is 45.4. The standard InChI is InChI=1S/C48H58F2N12O14P2S/c1-24(2)37(59-33(63)8-6-5-7-15-60-25(3)9-14-34(60)64)46(68)57-26(4)44(66)58-28-12-10-27(11-13-28)20-79-78(71)73-17-31-39(65)29(47(74-31)61-16-30(49)35-42(61)53-22-55-45(35)67)19-77(69,70)72-18-32-40(76-78)36(50)48(75-32)62-23-56-38-41(51)52-21-54-43(38)62/h9-14,16,21-24,26,29,31-32,36-37,39-40,47-48,65H,3,5-8,15,17-20H2,1-2,4H3,(H,57,68)(H,58,66)(H,59,63)(H,69,70)(H2,51,52,54)(H,53,55,67)/t26-,29+,31+,32+,36+,37-,39-,40+,47+,48+,78?/m0/s1. The summed E-state index contributed by atoms with van der Waals surface area (Å²) in [7, 11) is -4.82. The number of nitrogens with zero attached hydrogens (tertiary/aromatic N) is 7. The van der Waals surface area contributed by atoms with E-state index in [-0.39, 0.29) is 52.5 Å². The van der Waals surface area contributed by atoms with Crippen LogP contribution in [0.25, 0.3) is 22.2 Å². The molecule has 3 saturated heterocycles. The number of H-pyrrole nitrogens is 1. The minimum atomic E-state index is -4.82. The molecule has 424 valence electrons. The van der Waals surface area contributed by atoms with Crippen molar-refractivity contribution in [1.82, 2.24) is 49.6 Å². The Morgan fingerprint density at radius 1 is 0.949 bits per heavy atom. The van der Waals surface area contributed by atoms with Gasteiger partial charge in [0.25, 0.3) is 11.5 Å². The summed E-state index contributed by atoms with van der Waals surface area (Å²) >= 11 is 0.610. The number of allylic oxidation sites excluding steroid dienone is 1. The van der Waals surface area contributed by atoms with Gasteiger partial charge in [-0.05, 0) is 60.8 Å². The van der Waals surface area contributed by atoms with Crippen LogP contribution in [0.4, 0.5) is 20.3 Å². The van der Waals surface area contributed by atoms with E-state index in [1.807, 2.05) is 0 Å². The number of halogens is 2. The third-order valence-corrected chi connectivity index (χ3v) is 18.8. The van der Waals surface area contributed by atoms with Crippen molar-refractivity contribution in [1.29, 1.82) is 0 Å². The van der Waals surface area contributed by atoms with Crippen molar-refractivity contribution in [2.24, 2.45) is 11.8 Å². The average molecular weight is 1160 g/mol. The van der Waals surface area contributed by atoms with Crippen molar-refractivity contribution >= 4 is 83.1 Å². The molecule has 31 heteroatoms. The largest absolute Gasteiger partial charge is 0.390 e. The predicted octanol–water partition coefficient (Wildman–Crippen LogP) is 4.11. The van der Waals surface area contributed by atoms with Crippen LogP contribution < -0.4 is 27.2 Å². The fourth-order valence-corrected chi connectivity index (χ4v) is 14.3. The number of amides is 4. The van der Waals surface area contributed by atoms with Gasteiger partial charge in [0.1, 0.15) is 53.9 Å². The maximum Gasteiger partial charge on any atom is 0.389 e. The third-order valence-electron chi connectivity index (χ3n) is 13.7. The molecule has 4 aliphatic heterocycles. The van der Waals surface area contributed by atoms with E-state index in [1.165, 1.54) is 36.0 Å². The summed E-state index contributed by atoms with van der Waals surface area (Å²) in [5, 5.41) is 19.4. The first-order valence-electron chi connectivity index (χ1n) is 25.1. The molecule has 1 aromatic carbocycles. The molecule has 0 saturated carbocycles. The maximum absolute atomic E-state index is 17.0. The number of rotatable bonds is 17. The van der Waals surface area contributed by atoms with E-state index in [4.69, 9.17) is 28.8 Å². The Bertz CT molecular complexity index is 3310. The van der Waals surface area contributed by atoms with Crippen LogP contribution in [0.15, 0.2) is 78.7 Å². The Balaban J connectivity index is 0.871. The fourth-order valence-electron chi connectivity index (χ4n) is 9.52. The van der Waals surface area contributed by atoms with E-state index in [2.05, 4.69) is 47.4 Å². The predicted molar refractivity (Wildman–Crippen MR) is 281 cm³/mol. The Kier molecular flexibility index (Phi) is 17.3. The van der Waals surface area contributed by atoms with Crippen molar-refractivity contribution in [3.63, 3.8) is 0 Å². The number of aromatic amines is 1. The maximum atomic E-state index is 17.0. The van der Waals surface area contributed by atoms with Crippen LogP contribution >= 0.6 is 25.8 Å². The lowest BCUT2D eigenvalue weighted by molar-refractivity contribution is -0.131. The molecule has 2 unspecified atom stereocenters. The lowest BCUT2D eigenvalue weighted by Crippen LogP contribution is -2.53. The lowest BCUT2D eigenvalue weighted by Gasteiger charge is -2.27. The zero-order valence-electron chi connectivity index (χ0n) is 42.8. The second-order valence-electron chi connectivity index (χ2n) is 19.7. The van der Waals surface area contributed by atoms with Crippen LogP contribution in [0.2, 0.25) is 0 Å². The van der Waals surface area contributed by atoms with Crippen molar-refractivity contribution in [2.45, 2.75) is 107 Å². The second-order valence-corrected chi connectivity index (χ2v) is 25.6. The van der Waals surface area contributed by atoms with Gasteiger partial charge in [-0.1, -0.05) is 39.0 Å². The number of aliphatic hydroxyl groups excluding tert-OH is 1. The number of fused-ring (bicyclic) bond motifs is 5. The molecular weight excluding hydrogens is 1100 g/mol. The summed E-state index contributed by atoms with van der Waals surface area (Å²) in [6.45, 7) is 3.10. The summed E-state index contributed by atoms with van der Waals surface area (Å²) in [5.41, 5.74) is 6.56. The number of nitrogens with two attached hydrogens (primary N) is 1. The highest BCUT2D eigenvalue weighted by atomic mass is 32.7. The number of hydrogen-bond acceptors (Lipinski definition) is 19. The molecule has 4 aliphatic rings. The van der Waals surface area contributed by atoms with Gasteiger partial charge in [-0.2, -0.15) is 0 Å². The molecule has 79 heavy (non-hydrogen) atoms. The highest BCUT2D eigenvalue weighted by molar-refractivity contribution is 8.54. The van der Waals surface area contributed by atoms with Crippen LogP contribution in [0.5, 0.6) is 0 Å². The molecule has 12 atom stereocenters. The van der Waals surface area contributed by atoms with Gasteiger partial charge in [-0.3, -0.25) is 42.2 Å². The lowest BCUT2D eigenvalue weighted by atomic mass is 10.0. The van der Waals surface area contributed by atoms with E-state index >= 15 is 13.3 Å². The van der Waals surface area contributed by atoms with E-state index in [1.54, 1.807) is 37.0 Å². The number of carbonyl (C=O) groups excluding carboxylic acids is 4. The Hall–Kier alpha value is -6.26. The number of ether oxygens (including phenoxy) is 2. The third kappa shape index (κ3) is 12.7. The Labute approximate surface area is 453 Å². The summed E-state index contributed by atoms with van der Waals surface area (Å²) in [6.07, 6.45) is -3.18. The smallest absolute Gasteiger partial charge is 0.389 e. The number of imidazole rings is 1. The van der Waals surface area contributed by atoms with Crippen LogP contribution in [0.1, 0.15) is 64.5 Å². The van der Waals surface area contributed by atoms with Crippen LogP contribution in [0.3, 0.4) is 0 Å². The topological polar surface area (TPSA) is 349 Å². The highest BCUT2D eigenvalue weighted by Crippen LogP contribution is 2.65. The van der Waals surface area contributed by atoms with Crippen molar-refractivity contribution in [3.8, 4) is 0 Å². The molecule has 4 aromatic heterocycles. The molecule has 3 fully saturated rings. The molecule has 8 heterocycles. The van der Waals surface area contributed by atoms with Crippen LogP contribution in [-0.2, 0) is 57.1 Å². The highest BCUT2D eigenvalue weighted by Gasteiger charge is 2.54. The van der Waals surface area contributed by atoms with Gasteiger partial charge in [-0.15, -0.1) is 0 Å². The summed E-state index contributed by atoms with van der Waals surface area (Å²) in [6, 6.07) is 4.27. The minimum absolute atomic E-state index is 0.0165. The van der Waals surface area contributed by atoms with Gasteiger partial charge in [0.05, 0.1) is 38.1 Å². The van der Waals surface area contributed by atoms with Gasteiger partial charge in [0.2, 0.25) is 17.7 Å². The van der Waals surface area contributed by atoms with Crippen molar-refractivity contribution in [2.75, 3.05) is 37.0 Å². The Morgan fingerprint density at radius 2 is 1.70 bits per heavy atom. The minimum Gasteiger partial charge on any atom is -0.390 e. The summed E-state index contributed by atoms with van der Waals surface area (Å²) in [5.74, 6) is -4.44. The van der Waals surface area contributed by atoms with Crippen molar-refractivity contribution in [3.05, 3.63) is 95.6 Å². The molecule has 5 aromatic rings. The number of unbranched alkanes of at least 4 members (excludes halogenated alkanes) is 2. The molecule has 26 nitrogen and oxygen atoms in total. The zero-order chi connectivity index (χ0) is 56.5. The fraction of sp³-hybridized carbons (Fsp3) is 0.479. The molecule has 0 radical (unpaired) electrons. The normalized spacial score (nSPS) is 28.1. The van der Waals surface area contributed by atoms with Crippen LogP contribution in [0, 0.1) is 17.7 Å². The number of hydrogen-bond donors (Lipinski definition) is 7. The number of aliphatic hydroxyl groups is 1. The van der Waals surface area contributed by atoms with E-state index in [0.29, 0.717) is 54.1 Å². The first-order valence-corrected chi connectivity index (χ1v) is 30.0. The van der Waals surface area contributed by atoms with Gasteiger partial charge in [0.15, 0.2) is 35.3 Å². The second kappa shape index (κ2) is 23.8. The quantitative estimate of drug-likeness (QED) is 0.0509. The number of nitrogens with one attached hydrogen (secondary N) is 4. The molecular formula is C48H58F2N12O14P2S. The summed E-state index contributed by atoms with van der Waals surface area (Å²) in [4.78, 5) is 95.5. The van der Waals surface area contributed by atoms with E-state index in [0.717, 1.165) is 23.4 Å². The molecule has 0 spiro atoms. The number of aromatic nitrogens is 7. The molecule has 8 N–H and O–H groups in total. The molecule has 9 rings (SSSR count). The molecule has 4 amide bonds. The Morgan fingerprint density at radius 3 is 2.43 bits per heavy atom. The average Bonchev–Trinajstić information content (AvgIpc) is 4.24. The number of carbonyl (C=O) groups is 4. The van der Waals surface area contributed by atoms with Gasteiger partial charge in [0, 0.05) is 48.3 Å².